The molecule has 5 aromatic carbocycles. The predicted molar refractivity (Wildman–Crippen MR) is 297 cm³/mol. The van der Waals surface area contributed by atoms with E-state index < -0.39 is 46.9 Å². The molecule has 7 rings (SSSR count). The number of fused-ring (bicyclic) bond motifs is 2. The van der Waals surface area contributed by atoms with Crippen LogP contribution in [0.1, 0.15) is 65.9 Å². The number of nitrogens with one attached hydrogen (secondary N) is 4. The van der Waals surface area contributed by atoms with Crippen molar-refractivity contribution in [3.63, 3.8) is 0 Å². The number of nitrogens with zero attached hydrogens (tertiary/aromatic N) is 2. The summed E-state index contributed by atoms with van der Waals surface area (Å²) < 4.78 is 113. The van der Waals surface area contributed by atoms with Gasteiger partial charge < -0.3 is 39.4 Å². The van der Waals surface area contributed by atoms with Gasteiger partial charge in [-0.2, -0.15) is 8.42 Å². The summed E-state index contributed by atoms with van der Waals surface area (Å²) >= 11 is 25.6. The molecule has 19 nitrogen and oxygen atoms in total. The molecule has 2 heterocycles. The molecule has 0 aliphatic carbocycles. The summed E-state index contributed by atoms with van der Waals surface area (Å²) in [6.45, 7) is 3.46. The Morgan fingerprint density at radius 2 is 0.872 bits per heavy atom. The fourth-order valence-corrected chi connectivity index (χ4v) is 12.7. The van der Waals surface area contributed by atoms with Crippen LogP contribution in [0.4, 0.5) is 0 Å². The van der Waals surface area contributed by atoms with Gasteiger partial charge in [0, 0.05) is 95.4 Å². The second-order valence-electron chi connectivity index (χ2n) is 18.5. The maximum atomic E-state index is 13.0. The van der Waals surface area contributed by atoms with E-state index in [1.54, 1.807) is 60.7 Å². The summed E-state index contributed by atoms with van der Waals surface area (Å²) in [6, 6.07) is 23.7. The molecule has 0 aromatic heterocycles. The highest BCUT2D eigenvalue weighted by Crippen LogP contribution is 2.40. The minimum absolute atomic E-state index is 0.00451. The Hall–Kier alpha value is -4.31. The van der Waals surface area contributed by atoms with Crippen LogP contribution in [0.2, 0.25) is 20.1 Å². The molecule has 0 spiro atoms. The lowest BCUT2D eigenvalue weighted by Crippen LogP contribution is -2.31. The molecule has 5 N–H and O–H groups in total. The molecule has 26 heteroatoms. The molecule has 2 amide bonds. The third-order valence-corrected chi connectivity index (χ3v) is 17.7. The van der Waals surface area contributed by atoms with E-state index in [4.69, 9.17) is 65.4 Å². The predicted octanol–water partition coefficient (Wildman–Crippen LogP) is 6.18. The maximum Gasteiger partial charge on any atom is 0.294 e. The van der Waals surface area contributed by atoms with Crippen molar-refractivity contribution in [2.75, 3.05) is 106 Å². The van der Waals surface area contributed by atoms with Crippen LogP contribution < -0.4 is 20.1 Å². The number of benzene rings is 5. The van der Waals surface area contributed by atoms with E-state index >= 15 is 0 Å². The first-order valence-electron chi connectivity index (χ1n) is 24.6. The fourth-order valence-electron chi connectivity index (χ4n) is 9.01. The molecule has 0 bridgehead atoms. The number of sulfonamides is 2. The Bertz CT molecular complexity index is 3070. The highest BCUT2D eigenvalue weighted by molar-refractivity contribution is 7.89. The molecule has 0 saturated heterocycles. The average Bonchev–Trinajstić information content (AvgIpc) is 3.48. The second-order valence-corrected chi connectivity index (χ2v) is 25.2. The summed E-state index contributed by atoms with van der Waals surface area (Å²) in [5.41, 5.74) is 5.46. The zero-order chi connectivity index (χ0) is 56.2. The largest absolute Gasteiger partial charge is 0.378 e. The highest BCUT2D eigenvalue weighted by atomic mass is 35.5. The first kappa shape index (κ1) is 61.3. The van der Waals surface area contributed by atoms with Crippen molar-refractivity contribution in [2.45, 2.75) is 39.6 Å². The van der Waals surface area contributed by atoms with Crippen LogP contribution in [0.25, 0.3) is 0 Å². The number of amides is 2. The molecule has 0 radical (unpaired) electrons. The van der Waals surface area contributed by atoms with Gasteiger partial charge >= 0.3 is 0 Å². The Balaban J connectivity index is 0.743. The second kappa shape index (κ2) is 27.9. The molecule has 2 unspecified atom stereocenters. The number of rotatable bonds is 27. The zero-order valence-electron chi connectivity index (χ0n) is 42.6. The van der Waals surface area contributed by atoms with Crippen molar-refractivity contribution < 1.29 is 58.3 Å². The maximum absolute atomic E-state index is 13.0. The highest BCUT2D eigenvalue weighted by Gasteiger charge is 2.30. The van der Waals surface area contributed by atoms with Gasteiger partial charge in [-0.25, -0.2) is 26.3 Å². The van der Waals surface area contributed by atoms with Crippen LogP contribution in [-0.2, 0) is 62.2 Å². The molecule has 0 fully saturated rings. The van der Waals surface area contributed by atoms with Gasteiger partial charge in [0.05, 0.1) is 67.5 Å². The quantitative estimate of drug-likeness (QED) is 0.0291. The summed E-state index contributed by atoms with van der Waals surface area (Å²) in [6.07, 6.45) is 0. The molecule has 2 aliphatic rings. The third-order valence-electron chi connectivity index (χ3n) is 12.8. The van der Waals surface area contributed by atoms with Crippen molar-refractivity contribution >= 4 is 88.4 Å². The molecule has 422 valence electrons. The van der Waals surface area contributed by atoms with E-state index in [0.717, 1.165) is 45.5 Å². The number of likely N-dealkylation sites (N-methyl/N-ethyl adjacent to an activating group) is 2. The van der Waals surface area contributed by atoms with Crippen molar-refractivity contribution in [1.82, 2.24) is 29.9 Å². The van der Waals surface area contributed by atoms with E-state index in [1.165, 1.54) is 6.07 Å². The van der Waals surface area contributed by atoms with Crippen molar-refractivity contribution in [2.24, 2.45) is 0 Å². The van der Waals surface area contributed by atoms with Gasteiger partial charge in [-0.05, 0) is 114 Å². The van der Waals surface area contributed by atoms with Gasteiger partial charge in [-0.3, -0.25) is 14.1 Å². The SMILES string of the molecule is CN1Cc2c(Cl)cc(Cl)cc2C(c2ccc(S(=O)(=O)NCCOCCOCCNC(=O)c3cc(C(=O)NCCOCCOCCNS(=O)(=O)c4ccc(C5CN(C)Cc6c(Cl)cc(Cl)cc65)cc4)cc(S(=O)(=O)O)c3)cc2)C1. The fraction of sp³-hybridized carbons (Fsp3) is 0.385. The molecule has 5 aromatic rings. The van der Waals surface area contributed by atoms with E-state index in [0.29, 0.717) is 46.3 Å². The summed E-state index contributed by atoms with van der Waals surface area (Å²) in [7, 11) is -8.46. The summed E-state index contributed by atoms with van der Waals surface area (Å²) in [5.74, 6) is -1.56. The molecule has 0 saturated carbocycles. The van der Waals surface area contributed by atoms with Gasteiger partial charge in [0.1, 0.15) is 0 Å². The minimum atomic E-state index is -4.81. The first-order chi connectivity index (χ1) is 37.1. The molecular formula is C52H60Cl4N6O13S3. The Morgan fingerprint density at radius 1 is 0.513 bits per heavy atom. The molecule has 2 atom stereocenters. The van der Waals surface area contributed by atoms with Gasteiger partial charge in [0.15, 0.2) is 0 Å². The Labute approximate surface area is 475 Å². The van der Waals surface area contributed by atoms with E-state index in [1.807, 2.05) is 26.2 Å². The van der Waals surface area contributed by atoms with Gasteiger partial charge in [-0.15, -0.1) is 0 Å². The van der Waals surface area contributed by atoms with E-state index in [-0.39, 0.29) is 112 Å². The van der Waals surface area contributed by atoms with Crippen LogP contribution in [0.5, 0.6) is 0 Å². The molecule has 78 heavy (non-hydrogen) atoms. The average molecular weight is 1220 g/mol. The van der Waals surface area contributed by atoms with Crippen molar-refractivity contribution in [3.05, 3.63) is 156 Å². The molecule has 2 aliphatic heterocycles. The van der Waals surface area contributed by atoms with Crippen LogP contribution in [0.3, 0.4) is 0 Å². The van der Waals surface area contributed by atoms with Gasteiger partial charge in [-0.1, -0.05) is 70.7 Å². The summed E-state index contributed by atoms with van der Waals surface area (Å²) in [4.78, 5) is 29.8. The van der Waals surface area contributed by atoms with E-state index in [9.17, 15) is 39.4 Å². The normalized spacial score (nSPS) is 16.1. The van der Waals surface area contributed by atoms with Crippen LogP contribution in [0.15, 0.2) is 106 Å². The number of carbonyl (C=O) groups is 2. The van der Waals surface area contributed by atoms with Crippen molar-refractivity contribution in [3.8, 4) is 0 Å². The minimum Gasteiger partial charge on any atom is -0.378 e. The number of carbonyl (C=O) groups excluding carboxylic acids is 2. The zero-order valence-corrected chi connectivity index (χ0v) is 48.1. The number of halogens is 4. The van der Waals surface area contributed by atoms with Gasteiger partial charge in [0.2, 0.25) is 20.0 Å². The lowest BCUT2D eigenvalue weighted by Gasteiger charge is -2.33. The standard InChI is InChI=1S/C52H60Cl4N6O13S3/c1-61-30-45(43-26-38(53)28-49(55)47(43)32-61)34-3-7-40(8-4-34)76(65,66)59-13-17-74-21-19-72-15-11-57-51(63)36-23-37(25-42(24-36)78(69,70)71)52(64)58-12-16-73-20-22-75-18-14-60-77(67,68)41-9-5-35(6-10-41)46-31-62(2)33-48-44(46)27-39(54)29-50(48)56/h3-10,23-29,45-46,59-60H,11-22,30-33H2,1-2H3,(H,57,63)(H,58,64)(H,69,70,71). The van der Waals surface area contributed by atoms with Gasteiger partial charge in [0.25, 0.3) is 21.9 Å². The van der Waals surface area contributed by atoms with Crippen LogP contribution in [0, 0.1) is 0 Å². The lowest BCUT2D eigenvalue weighted by molar-refractivity contribution is 0.0503. The Kier molecular flexibility index (Phi) is 21.9. The summed E-state index contributed by atoms with van der Waals surface area (Å²) in [5, 5.41) is 7.39. The Morgan fingerprint density at radius 3 is 1.23 bits per heavy atom. The lowest BCUT2D eigenvalue weighted by atomic mass is 9.85. The molecular weight excluding hydrogens is 1150 g/mol. The smallest absolute Gasteiger partial charge is 0.294 e. The number of hydrogen-bond donors (Lipinski definition) is 5. The van der Waals surface area contributed by atoms with E-state index in [2.05, 4.69) is 29.9 Å². The van der Waals surface area contributed by atoms with Crippen molar-refractivity contribution in [1.29, 1.82) is 0 Å². The van der Waals surface area contributed by atoms with Crippen LogP contribution >= 0.6 is 46.4 Å². The third kappa shape index (κ3) is 16.9. The number of hydrogen-bond acceptors (Lipinski definition) is 14. The topological polar surface area (TPSA) is 248 Å². The monoisotopic (exact) mass is 1210 g/mol. The number of ether oxygens (including phenoxy) is 4. The first-order valence-corrected chi connectivity index (χ1v) is 30.5. The van der Waals surface area contributed by atoms with Crippen LogP contribution in [-0.4, -0.2) is 158 Å².